The fourth-order valence-corrected chi connectivity index (χ4v) is 3.63. The van der Waals surface area contributed by atoms with Crippen LogP contribution < -0.4 is 5.32 Å². The van der Waals surface area contributed by atoms with Gasteiger partial charge in [-0.2, -0.15) is 0 Å². The molecule has 2 aliphatic rings. The Labute approximate surface area is 122 Å². The van der Waals surface area contributed by atoms with Crippen LogP contribution in [-0.4, -0.2) is 41.0 Å². The lowest BCUT2D eigenvalue weighted by Crippen LogP contribution is -2.39. The number of nitrogens with zero attached hydrogens (tertiary/aromatic N) is 3. The van der Waals surface area contributed by atoms with Gasteiger partial charge in [0.2, 0.25) is 0 Å². The third kappa shape index (κ3) is 3.55. The Kier molecular flexibility index (Phi) is 4.63. The maximum atomic E-state index is 4.47. The van der Waals surface area contributed by atoms with Gasteiger partial charge >= 0.3 is 0 Å². The van der Waals surface area contributed by atoms with Gasteiger partial charge in [-0.3, -0.25) is 14.9 Å². The molecule has 0 radical (unpaired) electrons. The van der Waals surface area contributed by atoms with E-state index in [1.54, 1.807) is 0 Å². The quantitative estimate of drug-likeness (QED) is 0.915. The van der Waals surface area contributed by atoms with Crippen molar-refractivity contribution >= 4 is 0 Å². The highest BCUT2D eigenvalue weighted by atomic mass is 15.1. The molecular formula is C16H26N4. The van der Waals surface area contributed by atoms with Crippen LogP contribution in [0, 0.1) is 18.8 Å². The first-order chi connectivity index (χ1) is 9.81. The zero-order chi connectivity index (χ0) is 13.8. The molecule has 0 aliphatic carbocycles. The number of aromatic nitrogens is 2. The van der Waals surface area contributed by atoms with E-state index in [9.17, 15) is 0 Å². The molecule has 0 saturated carbocycles. The summed E-state index contributed by atoms with van der Waals surface area (Å²) in [5.41, 5.74) is 2.11. The Morgan fingerprint density at radius 3 is 2.40 bits per heavy atom. The van der Waals surface area contributed by atoms with E-state index >= 15 is 0 Å². The number of hydrogen-bond donors (Lipinski definition) is 1. The zero-order valence-corrected chi connectivity index (χ0v) is 12.5. The van der Waals surface area contributed by atoms with Crippen molar-refractivity contribution in [2.75, 3.05) is 26.2 Å². The molecule has 4 heteroatoms. The molecule has 0 aromatic carbocycles. The molecular weight excluding hydrogens is 248 g/mol. The normalized spacial score (nSPS) is 23.1. The van der Waals surface area contributed by atoms with Gasteiger partial charge < -0.3 is 5.32 Å². The van der Waals surface area contributed by atoms with E-state index in [1.165, 1.54) is 51.9 Å². The smallest absolute Gasteiger partial charge is 0.0727 e. The second-order valence-corrected chi connectivity index (χ2v) is 6.35. The SMILES string of the molecule is Cc1cnc(CN2CCC(C3CCNCC3)CC2)cn1. The molecule has 1 aromatic rings. The molecule has 1 aromatic heterocycles. The highest BCUT2D eigenvalue weighted by Gasteiger charge is 2.27. The molecule has 0 spiro atoms. The maximum Gasteiger partial charge on any atom is 0.0727 e. The predicted octanol–water partition coefficient (Wildman–Crippen LogP) is 2.00. The minimum Gasteiger partial charge on any atom is -0.317 e. The van der Waals surface area contributed by atoms with Crippen molar-refractivity contribution in [1.29, 1.82) is 0 Å². The van der Waals surface area contributed by atoms with E-state index in [1.807, 2.05) is 19.3 Å². The molecule has 0 bridgehead atoms. The third-order valence-electron chi connectivity index (χ3n) is 4.90. The van der Waals surface area contributed by atoms with Gasteiger partial charge in [-0.25, -0.2) is 0 Å². The number of piperidine rings is 2. The molecule has 2 saturated heterocycles. The molecule has 0 unspecified atom stereocenters. The van der Waals surface area contributed by atoms with E-state index in [0.29, 0.717) is 0 Å². The van der Waals surface area contributed by atoms with Crippen molar-refractivity contribution in [1.82, 2.24) is 20.2 Å². The fourth-order valence-electron chi connectivity index (χ4n) is 3.63. The Morgan fingerprint density at radius 1 is 1.05 bits per heavy atom. The molecule has 2 aliphatic heterocycles. The summed E-state index contributed by atoms with van der Waals surface area (Å²) >= 11 is 0. The summed E-state index contributed by atoms with van der Waals surface area (Å²) in [5, 5.41) is 3.47. The summed E-state index contributed by atoms with van der Waals surface area (Å²) in [6.45, 7) is 7.86. The Hall–Kier alpha value is -1.00. The van der Waals surface area contributed by atoms with Crippen LogP contribution in [-0.2, 0) is 6.54 Å². The molecule has 110 valence electrons. The van der Waals surface area contributed by atoms with E-state index < -0.39 is 0 Å². The van der Waals surface area contributed by atoms with Crippen molar-refractivity contribution in [2.24, 2.45) is 11.8 Å². The molecule has 3 heterocycles. The minimum atomic E-state index is 0.956. The number of rotatable bonds is 3. The van der Waals surface area contributed by atoms with Crippen LogP contribution in [0.1, 0.15) is 37.1 Å². The van der Waals surface area contributed by atoms with Crippen LogP contribution in [0.25, 0.3) is 0 Å². The van der Waals surface area contributed by atoms with Crippen molar-refractivity contribution < 1.29 is 0 Å². The van der Waals surface area contributed by atoms with Crippen LogP contribution in [0.5, 0.6) is 0 Å². The topological polar surface area (TPSA) is 41.1 Å². The first kappa shape index (κ1) is 14.0. The molecule has 1 N–H and O–H groups in total. The summed E-state index contributed by atoms with van der Waals surface area (Å²) in [6, 6.07) is 0. The Morgan fingerprint density at radius 2 is 1.75 bits per heavy atom. The Balaban J connectivity index is 1.47. The van der Waals surface area contributed by atoms with Gasteiger partial charge in [0.05, 0.1) is 11.4 Å². The largest absolute Gasteiger partial charge is 0.317 e. The highest BCUT2D eigenvalue weighted by Crippen LogP contribution is 2.30. The van der Waals surface area contributed by atoms with Gasteiger partial charge in [0.15, 0.2) is 0 Å². The van der Waals surface area contributed by atoms with Gasteiger partial charge in [0.1, 0.15) is 0 Å². The lowest BCUT2D eigenvalue weighted by atomic mass is 9.79. The van der Waals surface area contributed by atoms with Crippen molar-refractivity contribution in [3.63, 3.8) is 0 Å². The van der Waals surface area contributed by atoms with Crippen LogP contribution in [0.15, 0.2) is 12.4 Å². The molecule has 4 nitrogen and oxygen atoms in total. The van der Waals surface area contributed by atoms with Gasteiger partial charge in [-0.05, 0) is 70.6 Å². The van der Waals surface area contributed by atoms with Crippen molar-refractivity contribution in [3.05, 3.63) is 23.8 Å². The molecule has 20 heavy (non-hydrogen) atoms. The van der Waals surface area contributed by atoms with E-state index in [0.717, 1.165) is 29.8 Å². The van der Waals surface area contributed by atoms with Gasteiger partial charge in [-0.1, -0.05) is 0 Å². The monoisotopic (exact) mass is 274 g/mol. The summed E-state index contributed by atoms with van der Waals surface area (Å²) < 4.78 is 0. The standard InChI is InChI=1S/C16H26N4/c1-13-10-19-16(11-18-13)12-20-8-4-15(5-9-20)14-2-6-17-7-3-14/h10-11,14-15,17H,2-9,12H2,1H3. The fraction of sp³-hybridized carbons (Fsp3) is 0.750. The average Bonchev–Trinajstić information content (AvgIpc) is 2.51. The first-order valence-electron chi connectivity index (χ1n) is 8.02. The first-order valence-corrected chi connectivity index (χ1v) is 8.02. The number of aryl methyl sites for hydroxylation is 1. The number of hydrogen-bond acceptors (Lipinski definition) is 4. The lowest BCUT2D eigenvalue weighted by Gasteiger charge is -2.37. The molecule has 3 rings (SSSR count). The summed E-state index contributed by atoms with van der Waals surface area (Å²) in [4.78, 5) is 11.3. The predicted molar refractivity (Wildman–Crippen MR) is 80.4 cm³/mol. The van der Waals surface area contributed by atoms with Crippen LogP contribution in [0.4, 0.5) is 0 Å². The zero-order valence-electron chi connectivity index (χ0n) is 12.5. The second kappa shape index (κ2) is 6.64. The second-order valence-electron chi connectivity index (χ2n) is 6.35. The van der Waals surface area contributed by atoms with Crippen LogP contribution in [0.3, 0.4) is 0 Å². The molecule has 2 fully saturated rings. The molecule has 0 atom stereocenters. The summed E-state index contributed by atoms with van der Waals surface area (Å²) in [7, 11) is 0. The van der Waals surface area contributed by atoms with Gasteiger partial charge in [0.25, 0.3) is 0 Å². The van der Waals surface area contributed by atoms with Crippen LogP contribution in [0.2, 0.25) is 0 Å². The average molecular weight is 274 g/mol. The van der Waals surface area contributed by atoms with E-state index in [2.05, 4.69) is 20.2 Å². The van der Waals surface area contributed by atoms with Crippen molar-refractivity contribution in [2.45, 2.75) is 39.2 Å². The van der Waals surface area contributed by atoms with E-state index in [-0.39, 0.29) is 0 Å². The number of likely N-dealkylation sites (tertiary alicyclic amines) is 1. The maximum absolute atomic E-state index is 4.47. The Bertz CT molecular complexity index is 403. The van der Waals surface area contributed by atoms with E-state index in [4.69, 9.17) is 0 Å². The number of nitrogens with one attached hydrogen (secondary N) is 1. The minimum absolute atomic E-state index is 0.956. The highest BCUT2D eigenvalue weighted by molar-refractivity contribution is 5.00. The third-order valence-corrected chi connectivity index (χ3v) is 4.90. The molecule has 0 amide bonds. The van der Waals surface area contributed by atoms with Crippen molar-refractivity contribution in [3.8, 4) is 0 Å². The lowest BCUT2D eigenvalue weighted by molar-refractivity contribution is 0.125. The van der Waals surface area contributed by atoms with Gasteiger partial charge in [0, 0.05) is 18.9 Å². The summed E-state index contributed by atoms with van der Waals surface area (Å²) in [5.74, 6) is 1.93. The van der Waals surface area contributed by atoms with Crippen LogP contribution >= 0.6 is 0 Å². The summed E-state index contributed by atoms with van der Waals surface area (Å²) in [6.07, 6.45) is 9.29. The van der Waals surface area contributed by atoms with Gasteiger partial charge in [-0.15, -0.1) is 0 Å².